The number of hydrogen-bond acceptors (Lipinski definition) is 6. The van der Waals surface area contributed by atoms with Crippen molar-refractivity contribution < 1.29 is 14.1 Å². The molecule has 158 valence electrons. The average molecular weight is 409 g/mol. The second-order valence-electron chi connectivity index (χ2n) is 8.78. The first kappa shape index (κ1) is 20.1. The molecule has 0 aromatic carbocycles. The zero-order valence-corrected chi connectivity index (χ0v) is 17.9. The summed E-state index contributed by atoms with van der Waals surface area (Å²) in [4.78, 5) is 23.0. The predicted octanol–water partition coefficient (Wildman–Crippen LogP) is 4.53. The number of likely N-dealkylation sites (tertiary alicyclic amines) is 1. The molecule has 1 saturated heterocycles. The molecule has 1 amide bonds. The van der Waals surface area contributed by atoms with E-state index in [2.05, 4.69) is 21.7 Å². The lowest BCUT2D eigenvalue weighted by Gasteiger charge is -2.32. The molecule has 4 heterocycles. The number of rotatable bonds is 3. The molecule has 0 atom stereocenters. The Labute approximate surface area is 175 Å². The molecular weight excluding hydrogens is 382 g/mol. The summed E-state index contributed by atoms with van der Waals surface area (Å²) < 4.78 is 13.0. The summed E-state index contributed by atoms with van der Waals surface area (Å²) in [6.07, 6.45) is 6.87. The van der Waals surface area contributed by atoms with Gasteiger partial charge in [0.05, 0.1) is 16.8 Å². The molecule has 30 heavy (non-hydrogen) atoms. The highest BCUT2D eigenvalue weighted by atomic mass is 16.6. The third-order valence-corrected chi connectivity index (χ3v) is 5.13. The van der Waals surface area contributed by atoms with Crippen molar-refractivity contribution in [1.82, 2.24) is 24.4 Å². The van der Waals surface area contributed by atoms with Gasteiger partial charge in [-0.2, -0.15) is 4.98 Å². The van der Waals surface area contributed by atoms with Crippen molar-refractivity contribution >= 4 is 17.2 Å². The number of hydrogen-bond donors (Lipinski definition) is 0. The summed E-state index contributed by atoms with van der Waals surface area (Å²) in [6.45, 7) is 12.8. The number of carbonyl (C=O) groups is 1. The van der Waals surface area contributed by atoms with Gasteiger partial charge in [0.1, 0.15) is 5.60 Å². The van der Waals surface area contributed by atoms with Gasteiger partial charge in [-0.25, -0.2) is 4.79 Å². The number of aromatic nitrogens is 4. The Hall–Kier alpha value is -3.16. The fourth-order valence-electron chi connectivity index (χ4n) is 3.65. The van der Waals surface area contributed by atoms with E-state index in [1.165, 1.54) is 0 Å². The fourth-order valence-corrected chi connectivity index (χ4v) is 3.65. The molecule has 1 aliphatic rings. The van der Waals surface area contributed by atoms with E-state index in [0.29, 0.717) is 24.8 Å². The normalized spacial score (nSPS) is 15.5. The Morgan fingerprint density at radius 1 is 1.30 bits per heavy atom. The zero-order valence-electron chi connectivity index (χ0n) is 17.9. The van der Waals surface area contributed by atoms with Crippen LogP contribution >= 0.6 is 0 Å². The van der Waals surface area contributed by atoms with E-state index in [9.17, 15) is 4.79 Å². The number of amides is 1. The number of nitrogens with zero attached hydrogens (tertiary/aromatic N) is 5. The summed E-state index contributed by atoms with van der Waals surface area (Å²) >= 11 is 0. The largest absolute Gasteiger partial charge is 0.444 e. The van der Waals surface area contributed by atoms with Gasteiger partial charge in [-0.05, 0) is 52.2 Å². The Bertz CT molecular complexity index is 1080. The second-order valence-corrected chi connectivity index (χ2v) is 8.78. The van der Waals surface area contributed by atoms with Crippen LogP contribution in [-0.4, -0.2) is 49.2 Å². The van der Waals surface area contributed by atoms with Gasteiger partial charge in [0.2, 0.25) is 0 Å². The van der Waals surface area contributed by atoms with Crippen LogP contribution in [0.15, 0.2) is 35.8 Å². The molecule has 1 aliphatic heterocycles. The summed E-state index contributed by atoms with van der Waals surface area (Å²) in [5.74, 6) is 1.32. The molecular formula is C22H27N5O3. The van der Waals surface area contributed by atoms with Gasteiger partial charge in [-0.1, -0.05) is 11.7 Å². The van der Waals surface area contributed by atoms with Gasteiger partial charge in [-0.3, -0.25) is 4.98 Å². The molecule has 0 spiro atoms. The monoisotopic (exact) mass is 409 g/mol. The van der Waals surface area contributed by atoms with Crippen LogP contribution in [-0.2, 0) is 4.74 Å². The van der Waals surface area contributed by atoms with E-state index in [0.717, 1.165) is 35.2 Å². The molecule has 0 bridgehead atoms. The Morgan fingerprint density at radius 3 is 2.70 bits per heavy atom. The third kappa shape index (κ3) is 4.08. The molecule has 0 radical (unpaired) electrons. The van der Waals surface area contributed by atoms with Crippen molar-refractivity contribution in [2.24, 2.45) is 0 Å². The Morgan fingerprint density at radius 2 is 2.03 bits per heavy atom. The van der Waals surface area contributed by atoms with Crippen LogP contribution < -0.4 is 0 Å². The van der Waals surface area contributed by atoms with Crippen LogP contribution in [0.4, 0.5) is 4.79 Å². The lowest BCUT2D eigenvalue weighted by molar-refractivity contribution is 0.0203. The van der Waals surface area contributed by atoms with Gasteiger partial charge in [0, 0.05) is 37.6 Å². The van der Waals surface area contributed by atoms with Crippen molar-refractivity contribution in [3.05, 3.63) is 42.8 Å². The second kappa shape index (κ2) is 7.59. The fraction of sp³-hybridized carbons (Fsp3) is 0.455. The van der Waals surface area contributed by atoms with Crippen LogP contribution in [0.1, 0.15) is 58.0 Å². The standard InChI is InChI=1S/C22H27N5O3/c1-14(2)18-17-12-16(13-27(17)11-8-23-18)20-24-19(25-30-20)15-6-9-26(10-7-15)21(28)29-22(3,4)5/h8,11-13,15H,1,6-7,9-10H2,2-5H3. The number of fused-ring (bicyclic) bond motifs is 1. The number of carbonyl (C=O) groups excluding carboxylic acids is 1. The summed E-state index contributed by atoms with van der Waals surface area (Å²) in [5.41, 5.74) is 3.05. The lowest BCUT2D eigenvalue weighted by atomic mass is 9.96. The quantitative estimate of drug-likeness (QED) is 0.632. The van der Waals surface area contributed by atoms with E-state index in [1.807, 2.05) is 50.6 Å². The van der Waals surface area contributed by atoms with Gasteiger partial charge in [-0.15, -0.1) is 0 Å². The van der Waals surface area contributed by atoms with E-state index >= 15 is 0 Å². The molecule has 0 unspecified atom stereocenters. The van der Waals surface area contributed by atoms with E-state index < -0.39 is 5.60 Å². The first-order valence-corrected chi connectivity index (χ1v) is 10.2. The molecule has 3 aromatic heterocycles. The highest BCUT2D eigenvalue weighted by Crippen LogP contribution is 2.30. The molecule has 4 rings (SSSR count). The van der Waals surface area contributed by atoms with Gasteiger partial charge < -0.3 is 18.6 Å². The maximum atomic E-state index is 12.2. The number of piperidine rings is 1. The van der Waals surface area contributed by atoms with Gasteiger partial charge in [0.15, 0.2) is 5.82 Å². The zero-order chi connectivity index (χ0) is 21.5. The van der Waals surface area contributed by atoms with Crippen LogP contribution in [0.2, 0.25) is 0 Å². The summed E-state index contributed by atoms with van der Waals surface area (Å²) in [6, 6.07) is 1.99. The summed E-state index contributed by atoms with van der Waals surface area (Å²) in [7, 11) is 0. The van der Waals surface area contributed by atoms with Gasteiger partial charge >= 0.3 is 6.09 Å². The number of ether oxygens (including phenoxy) is 1. The topological polar surface area (TPSA) is 85.8 Å². The molecule has 1 fully saturated rings. The minimum atomic E-state index is -0.489. The van der Waals surface area contributed by atoms with Crippen LogP contribution in [0.3, 0.4) is 0 Å². The molecule has 8 heteroatoms. The van der Waals surface area contributed by atoms with Crippen molar-refractivity contribution in [2.75, 3.05) is 13.1 Å². The smallest absolute Gasteiger partial charge is 0.410 e. The Balaban J connectivity index is 1.47. The molecule has 3 aromatic rings. The maximum absolute atomic E-state index is 12.2. The SMILES string of the molecule is C=C(C)c1nccn2cc(-c3nc(C4CCN(C(=O)OC(C)(C)C)CC4)no3)cc12. The van der Waals surface area contributed by atoms with Crippen LogP contribution in [0.5, 0.6) is 0 Å². The van der Waals surface area contributed by atoms with Crippen molar-refractivity contribution in [3.8, 4) is 11.5 Å². The number of allylic oxidation sites excluding steroid dienone is 1. The third-order valence-electron chi connectivity index (χ3n) is 5.13. The van der Waals surface area contributed by atoms with E-state index in [-0.39, 0.29) is 12.0 Å². The Kier molecular flexibility index (Phi) is 5.09. The molecule has 8 nitrogen and oxygen atoms in total. The first-order valence-electron chi connectivity index (χ1n) is 10.2. The molecule has 0 aliphatic carbocycles. The highest BCUT2D eigenvalue weighted by molar-refractivity contribution is 5.77. The highest BCUT2D eigenvalue weighted by Gasteiger charge is 2.29. The van der Waals surface area contributed by atoms with Crippen molar-refractivity contribution in [1.29, 1.82) is 0 Å². The van der Waals surface area contributed by atoms with Crippen LogP contribution in [0, 0.1) is 0 Å². The summed E-state index contributed by atoms with van der Waals surface area (Å²) in [5, 5.41) is 4.21. The lowest BCUT2D eigenvalue weighted by Crippen LogP contribution is -2.41. The minimum Gasteiger partial charge on any atom is -0.444 e. The minimum absolute atomic E-state index is 0.158. The van der Waals surface area contributed by atoms with Crippen molar-refractivity contribution in [2.45, 2.75) is 52.1 Å². The van der Waals surface area contributed by atoms with Crippen molar-refractivity contribution in [3.63, 3.8) is 0 Å². The average Bonchev–Trinajstić information content (AvgIpc) is 3.33. The van der Waals surface area contributed by atoms with Crippen LogP contribution in [0.25, 0.3) is 22.5 Å². The maximum Gasteiger partial charge on any atom is 0.410 e. The first-order chi connectivity index (χ1) is 14.2. The molecule has 0 saturated carbocycles. The van der Waals surface area contributed by atoms with Gasteiger partial charge in [0.25, 0.3) is 5.89 Å². The predicted molar refractivity (Wildman–Crippen MR) is 113 cm³/mol. The molecule has 0 N–H and O–H groups in total. The van der Waals surface area contributed by atoms with E-state index in [1.54, 1.807) is 11.1 Å². The van der Waals surface area contributed by atoms with E-state index in [4.69, 9.17) is 9.26 Å².